The minimum atomic E-state index is 0. The largest absolute Gasteiger partial charge is 0.513 e. The van der Waals surface area contributed by atoms with Gasteiger partial charge in [-0.25, -0.2) is 0 Å². The molecule has 4 aliphatic rings. The minimum Gasteiger partial charge on any atom is -0.513 e. The van der Waals surface area contributed by atoms with E-state index in [1.807, 2.05) is 102 Å². The number of hydrogen-bond donors (Lipinski definition) is 0. The van der Waals surface area contributed by atoms with Crippen LogP contribution in [0.5, 0.6) is 23.0 Å². The van der Waals surface area contributed by atoms with Crippen molar-refractivity contribution < 1.29 is 51.6 Å². The zero-order valence-corrected chi connectivity index (χ0v) is 52.8. The number of aromatic nitrogens is 6. The summed E-state index contributed by atoms with van der Waals surface area (Å²) in [6.07, 6.45) is 11.7. The van der Waals surface area contributed by atoms with E-state index >= 15 is 0 Å². The summed E-state index contributed by atoms with van der Waals surface area (Å²) < 4.78 is 21.0. The molecule has 0 fully saturated rings. The Morgan fingerprint density at radius 3 is 1.17 bits per heavy atom. The van der Waals surface area contributed by atoms with Gasteiger partial charge in [0.2, 0.25) is 0 Å². The zero-order valence-electron chi connectivity index (χ0n) is 48.2. The van der Waals surface area contributed by atoms with Gasteiger partial charge in [-0.1, -0.05) is 108 Å². The van der Waals surface area contributed by atoms with Crippen LogP contribution in [0.4, 0.5) is 45.5 Å². The second kappa shape index (κ2) is 22.9. The number of para-hydroxylation sites is 8. The van der Waals surface area contributed by atoms with Crippen molar-refractivity contribution >= 4 is 101 Å². The molecule has 0 aliphatic carbocycles. The van der Waals surface area contributed by atoms with Gasteiger partial charge in [-0.05, 0) is 97.5 Å². The van der Waals surface area contributed by atoms with Gasteiger partial charge in [-0.2, -0.15) is 35.7 Å². The molecule has 4 aliphatic heterocycles. The molecule has 0 atom stereocenters. The molecule has 0 spiro atoms. The van der Waals surface area contributed by atoms with Crippen molar-refractivity contribution in [1.82, 2.24) is 38.5 Å². The second-order valence-corrected chi connectivity index (χ2v) is 21.6. The Morgan fingerprint density at radius 1 is 0.344 bits per heavy atom. The average Bonchev–Trinajstić information content (AvgIpc) is 1.61. The summed E-state index contributed by atoms with van der Waals surface area (Å²) in [4.78, 5) is 12.9. The Balaban J connectivity index is 0.000000147. The molecule has 16 heteroatoms. The van der Waals surface area contributed by atoms with E-state index in [9.17, 15) is 0 Å². The standard InChI is InChI=1S/2C37H25N6O.2Pt/c1-39-25-40(24-37(39)43-31-14-4-2-12-29(31)30-13-3-5-15-32(30)43)26-18-19-36-34(23-26)42(33-16-6-7-17-35(33)44-36)28-11-8-10-27(22-28)41-21-9-20-38-41;1-39-25-40(24-37(39)43-31-14-4-2-12-29(31)30-13-3-5-15-32(30)43)26-10-8-11-28(22-26)42-33-16-6-7-17-35(33)44-36-19-18-27(23-34(36)42)41-21-9-20-38-41;;/h2*2-21,24-25H,1H3;;/q2*-3;;. The summed E-state index contributed by atoms with van der Waals surface area (Å²) in [5.74, 6) is 5.11. The third kappa shape index (κ3) is 9.41. The van der Waals surface area contributed by atoms with E-state index in [1.54, 1.807) is 17.1 Å². The molecular weight excluding hydrogens is 1480 g/mol. The topological polar surface area (TPSA) is 83.4 Å². The van der Waals surface area contributed by atoms with Gasteiger partial charge in [0, 0.05) is 112 Å². The van der Waals surface area contributed by atoms with Gasteiger partial charge in [-0.3, -0.25) is 18.5 Å². The molecule has 14 aromatic rings. The minimum absolute atomic E-state index is 0. The first kappa shape index (κ1) is 56.0. The molecule has 0 N–H and O–H groups in total. The van der Waals surface area contributed by atoms with Crippen LogP contribution in [0.15, 0.2) is 256 Å². The number of ether oxygens (including phenoxy) is 2. The molecule has 444 valence electrons. The van der Waals surface area contributed by atoms with E-state index in [1.165, 1.54) is 43.6 Å². The fourth-order valence-electron chi connectivity index (χ4n) is 12.4. The van der Waals surface area contributed by atoms with Crippen molar-refractivity contribution in [3.05, 3.63) is 293 Å². The van der Waals surface area contributed by atoms with Crippen LogP contribution in [0.3, 0.4) is 0 Å². The van der Waals surface area contributed by atoms with E-state index in [0.29, 0.717) is 0 Å². The van der Waals surface area contributed by atoms with Crippen LogP contribution in [0.25, 0.3) is 66.6 Å². The summed E-state index contributed by atoms with van der Waals surface area (Å²) in [5.41, 5.74) is 13.4. The number of fused-ring (bicyclic) bond motifs is 10. The van der Waals surface area contributed by atoms with E-state index in [4.69, 9.17) is 9.47 Å². The average molecular weight is 1530 g/mol. The molecule has 0 bridgehead atoms. The number of benzene rings is 10. The third-order valence-electron chi connectivity index (χ3n) is 16.4. The fourth-order valence-corrected chi connectivity index (χ4v) is 12.4. The molecule has 14 nitrogen and oxygen atoms in total. The van der Waals surface area contributed by atoms with Crippen LogP contribution in [0, 0.1) is 37.6 Å². The van der Waals surface area contributed by atoms with Crippen LogP contribution in [0.1, 0.15) is 0 Å². The van der Waals surface area contributed by atoms with Crippen molar-refractivity contribution in [2.24, 2.45) is 0 Å². The van der Waals surface area contributed by atoms with Gasteiger partial charge >= 0.3 is 0 Å². The van der Waals surface area contributed by atoms with Crippen LogP contribution < -0.4 is 29.1 Å². The molecule has 0 amide bonds. The predicted octanol–water partition coefficient (Wildman–Crippen LogP) is 17.0. The first-order chi connectivity index (χ1) is 43.5. The van der Waals surface area contributed by atoms with Crippen molar-refractivity contribution in [2.75, 3.05) is 33.7 Å². The van der Waals surface area contributed by atoms with Gasteiger partial charge < -0.3 is 38.9 Å². The van der Waals surface area contributed by atoms with Crippen LogP contribution in [0.2, 0.25) is 0 Å². The Hall–Kier alpha value is -10.5. The van der Waals surface area contributed by atoms with Crippen molar-refractivity contribution in [3.8, 4) is 34.4 Å². The first-order valence-corrected chi connectivity index (χ1v) is 28.9. The third-order valence-corrected chi connectivity index (χ3v) is 16.4. The van der Waals surface area contributed by atoms with Gasteiger partial charge in [0.25, 0.3) is 0 Å². The summed E-state index contributed by atoms with van der Waals surface area (Å²) in [6, 6.07) is 88.9. The molecular formula is C74H50N12O2Pt2-6. The first-order valence-electron chi connectivity index (χ1n) is 28.9. The predicted molar refractivity (Wildman–Crippen MR) is 349 cm³/mol. The molecule has 0 saturated carbocycles. The number of anilines is 8. The molecule has 0 saturated heterocycles. The zero-order chi connectivity index (χ0) is 58.4. The quantitative estimate of drug-likeness (QED) is 0.137. The molecule has 0 radical (unpaired) electrons. The smallest absolute Gasteiger partial charge is 0.134 e. The van der Waals surface area contributed by atoms with E-state index in [-0.39, 0.29) is 42.1 Å². The fraction of sp³-hybridized carbons (Fsp3) is 0.0270. The summed E-state index contributed by atoms with van der Waals surface area (Å²) in [5, 5.41) is 13.8. The number of nitrogens with zero attached hydrogens (tertiary/aromatic N) is 12. The van der Waals surface area contributed by atoms with E-state index in [0.717, 1.165) is 91.5 Å². The van der Waals surface area contributed by atoms with Gasteiger partial charge in [0.1, 0.15) is 11.5 Å². The summed E-state index contributed by atoms with van der Waals surface area (Å²) >= 11 is 0. The number of rotatable bonds is 8. The van der Waals surface area contributed by atoms with Gasteiger partial charge in [0.05, 0.1) is 45.1 Å². The maximum atomic E-state index is 6.38. The SMILES string of the molecule is CN1[CH-]N(c2[c-]c(N3c4[c-]c(-n5cccn5)ccc4Oc4ccccc43)ccc2)C=C1n1c2ccccc2c2ccccc21.CN1[CH-]N(c2[c-]c3c(cc2)Oc2ccccc2N3c2[c-]c(-n3cccn3)ccc2)C=C1n1c2ccccc2c2ccccc21.[Pt].[Pt]. The summed E-state index contributed by atoms with van der Waals surface area (Å²) in [7, 11) is 4.16. The van der Waals surface area contributed by atoms with Gasteiger partial charge in [0.15, 0.2) is 0 Å². The van der Waals surface area contributed by atoms with Crippen molar-refractivity contribution in [2.45, 2.75) is 0 Å². The maximum Gasteiger partial charge on any atom is 0.134 e. The molecule has 18 rings (SSSR count). The molecule has 90 heavy (non-hydrogen) atoms. The van der Waals surface area contributed by atoms with E-state index < -0.39 is 0 Å². The van der Waals surface area contributed by atoms with Crippen molar-refractivity contribution in [3.63, 3.8) is 0 Å². The molecule has 10 aromatic carbocycles. The number of hydrogen-bond acceptors (Lipinski definition) is 10. The Labute approximate surface area is 548 Å². The van der Waals surface area contributed by atoms with Crippen LogP contribution in [-0.4, -0.2) is 52.6 Å². The normalized spacial score (nSPS) is 13.8. The Morgan fingerprint density at radius 2 is 0.711 bits per heavy atom. The molecule has 4 aromatic heterocycles. The van der Waals surface area contributed by atoms with Crippen LogP contribution in [-0.2, 0) is 42.1 Å². The van der Waals surface area contributed by atoms with Crippen molar-refractivity contribution in [1.29, 1.82) is 0 Å². The Bertz CT molecular complexity index is 4970. The van der Waals surface area contributed by atoms with E-state index in [2.05, 4.69) is 246 Å². The van der Waals surface area contributed by atoms with Gasteiger partial charge in [-0.15, -0.1) is 84.2 Å². The summed E-state index contributed by atoms with van der Waals surface area (Å²) in [6.45, 7) is 4.18. The Kier molecular flexibility index (Phi) is 14.2. The second-order valence-electron chi connectivity index (χ2n) is 21.6. The monoisotopic (exact) mass is 1530 g/mol. The van der Waals surface area contributed by atoms with Crippen LogP contribution >= 0.6 is 0 Å². The molecule has 0 unspecified atom stereocenters. The maximum absolute atomic E-state index is 6.38. The molecule has 8 heterocycles.